The first-order valence-corrected chi connectivity index (χ1v) is 9.83. The number of non-ortho nitro benzene ring substituents is 1. The van der Waals surface area contributed by atoms with Crippen LogP contribution in [0, 0.1) is 10.1 Å². The number of nitrogens with zero attached hydrogens (tertiary/aromatic N) is 2. The molecule has 0 saturated carbocycles. The number of furan rings is 1. The van der Waals surface area contributed by atoms with E-state index in [2.05, 4.69) is 10.3 Å². The summed E-state index contributed by atoms with van der Waals surface area (Å²) in [5, 5.41) is 23.9. The molecule has 0 bridgehead atoms. The minimum absolute atomic E-state index is 0.0376. The molecule has 0 aliphatic carbocycles. The Bertz CT molecular complexity index is 1470. The highest BCUT2D eigenvalue weighted by Crippen LogP contribution is 2.33. The Morgan fingerprint density at radius 2 is 1.76 bits per heavy atom. The zero-order valence-electron chi connectivity index (χ0n) is 16.9. The molecule has 3 aromatic carbocycles. The zero-order chi connectivity index (χ0) is 22.9. The van der Waals surface area contributed by atoms with Gasteiger partial charge in [0.15, 0.2) is 11.3 Å². The number of benzene rings is 3. The fourth-order valence-corrected chi connectivity index (χ4v) is 3.33. The first-order chi connectivity index (χ1) is 16.0. The van der Waals surface area contributed by atoms with Gasteiger partial charge in [-0.1, -0.05) is 12.1 Å². The third-order valence-corrected chi connectivity index (χ3v) is 4.97. The molecule has 0 unspecified atom stereocenters. The summed E-state index contributed by atoms with van der Waals surface area (Å²) in [6.07, 6.45) is 0. The van der Waals surface area contributed by atoms with Crippen LogP contribution >= 0.6 is 0 Å². The highest BCUT2D eigenvalue weighted by atomic mass is 16.6. The molecule has 2 N–H and O–H groups in total. The lowest BCUT2D eigenvalue weighted by molar-refractivity contribution is -0.384. The van der Waals surface area contributed by atoms with Gasteiger partial charge in [-0.25, -0.2) is 4.98 Å². The van der Waals surface area contributed by atoms with Gasteiger partial charge in [0.25, 0.3) is 11.6 Å². The number of phenols is 1. The van der Waals surface area contributed by atoms with Crippen LogP contribution in [0.3, 0.4) is 0 Å². The van der Waals surface area contributed by atoms with E-state index in [1.54, 1.807) is 36.4 Å². The molecule has 0 atom stereocenters. The predicted molar refractivity (Wildman–Crippen MR) is 120 cm³/mol. The molecule has 2 aromatic heterocycles. The maximum Gasteiger partial charge on any atom is 0.291 e. The average Bonchev–Trinajstić information content (AvgIpc) is 3.47. The molecular formula is C24H15N3O6. The van der Waals surface area contributed by atoms with Gasteiger partial charge in [-0.15, -0.1) is 0 Å². The van der Waals surface area contributed by atoms with Gasteiger partial charge in [0, 0.05) is 29.4 Å². The smallest absolute Gasteiger partial charge is 0.291 e. The number of nitro groups is 1. The second-order valence-corrected chi connectivity index (χ2v) is 7.14. The number of nitro benzene ring substituents is 1. The maximum atomic E-state index is 12.6. The van der Waals surface area contributed by atoms with Crippen LogP contribution in [-0.4, -0.2) is 20.9 Å². The van der Waals surface area contributed by atoms with E-state index in [0.717, 1.165) is 0 Å². The Morgan fingerprint density at radius 3 is 2.48 bits per heavy atom. The molecule has 0 aliphatic rings. The van der Waals surface area contributed by atoms with Gasteiger partial charge < -0.3 is 19.3 Å². The molecule has 0 fully saturated rings. The number of para-hydroxylation sites is 2. The van der Waals surface area contributed by atoms with E-state index in [4.69, 9.17) is 8.83 Å². The molecule has 162 valence electrons. The molecule has 5 aromatic rings. The van der Waals surface area contributed by atoms with E-state index >= 15 is 0 Å². The summed E-state index contributed by atoms with van der Waals surface area (Å²) in [5.41, 5.74) is 2.58. The number of phenolic OH excluding ortho intramolecular Hbond substituents is 1. The molecule has 9 nitrogen and oxygen atoms in total. The molecule has 5 rings (SSSR count). The zero-order valence-corrected chi connectivity index (χ0v) is 16.9. The Balaban J connectivity index is 1.33. The largest absolute Gasteiger partial charge is 0.507 e. The maximum absolute atomic E-state index is 12.6. The lowest BCUT2D eigenvalue weighted by atomic mass is 10.1. The number of carbonyl (C=O) groups excluding carboxylic acids is 1. The van der Waals surface area contributed by atoms with Crippen molar-refractivity contribution in [2.24, 2.45) is 0 Å². The lowest BCUT2D eigenvalue weighted by Crippen LogP contribution is -2.10. The van der Waals surface area contributed by atoms with E-state index in [1.165, 1.54) is 24.3 Å². The number of anilines is 1. The number of aromatic nitrogens is 1. The molecular weight excluding hydrogens is 426 g/mol. The normalized spacial score (nSPS) is 10.9. The topological polar surface area (TPSA) is 132 Å². The van der Waals surface area contributed by atoms with Crippen LogP contribution in [-0.2, 0) is 0 Å². The van der Waals surface area contributed by atoms with E-state index in [1.807, 2.05) is 18.2 Å². The van der Waals surface area contributed by atoms with Crippen molar-refractivity contribution in [2.75, 3.05) is 5.32 Å². The lowest BCUT2D eigenvalue weighted by Gasteiger charge is -2.06. The SMILES string of the molecule is O=C(Nc1ccc(-c2nc3ccccc3o2)c(O)c1)c1ccc(-c2ccc([N+](=O)[O-])cc2)o1. The third-order valence-electron chi connectivity index (χ3n) is 4.97. The number of nitrogens with one attached hydrogen (secondary N) is 1. The summed E-state index contributed by atoms with van der Waals surface area (Å²) in [7, 11) is 0. The van der Waals surface area contributed by atoms with Gasteiger partial charge in [-0.3, -0.25) is 14.9 Å². The molecule has 33 heavy (non-hydrogen) atoms. The van der Waals surface area contributed by atoms with Gasteiger partial charge in [-0.05, 0) is 48.5 Å². The highest BCUT2D eigenvalue weighted by Gasteiger charge is 2.16. The van der Waals surface area contributed by atoms with Gasteiger partial charge in [0.05, 0.1) is 10.5 Å². The summed E-state index contributed by atoms with van der Waals surface area (Å²) in [6, 6.07) is 20.8. The average molecular weight is 441 g/mol. The first kappa shape index (κ1) is 20.0. The van der Waals surface area contributed by atoms with Crippen molar-refractivity contribution in [3.8, 4) is 28.5 Å². The monoisotopic (exact) mass is 441 g/mol. The Labute approximate surface area is 186 Å². The summed E-state index contributed by atoms with van der Waals surface area (Å²) >= 11 is 0. The van der Waals surface area contributed by atoms with Gasteiger partial charge in [0.1, 0.15) is 17.0 Å². The van der Waals surface area contributed by atoms with Crippen LogP contribution < -0.4 is 5.32 Å². The van der Waals surface area contributed by atoms with Gasteiger partial charge in [0.2, 0.25) is 5.89 Å². The van der Waals surface area contributed by atoms with Crippen LogP contribution in [0.25, 0.3) is 33.9 Å². The molecule has 9 heteroatoms. The van der Waals surface area contributed by atoms with E-state index in [9.17, 15) is 20.0 Å². The number of carbonyl (C=O) groups is 1. The van der Waals surface area contributed by atoms with E-state index in [0.29, 0.717) is 33.7 Å². The summed E-state index contributed by atoms with van der Waals surface area (Å²) < 4.78 is 11.3. The number of amides is 1. The second-order valence-electron chi connectivity index (χ2n) is 7.14. The van der Waals surface area contributed by atoms with E-state index < -0.39 is 10.8 Å². The van der Waals surface area contributed by atoms with Crippen molar-refractivity contribution < 1.29 is 23.7 Å². The fraction of sp³-hybridized carbons (Fsp3) is 0. The van der Waals surface area contributed by atoms with Crippen LogP contribution in [0.2, 0.25) is 0 Å². The van der Waals surface area contributed by atoms with Gasteiger partial charge in [-0.2, -0.15) is 0 Å². The summed E-state index contributed by atoms with van der Waals surface area (Å²) in [5.74, 6) is 0.0861. The number of aromatic hydroxyl groups is 1. The molecule has 0 spiro atoms. The van der Waals surface area contributed by atoms with Crippen LogP contribution in [0.4, 0.5) is 11.4 Å². The minimum atomic E-state index is -0.517. The second kappa shape index (κ2) is 7.97. The number of oxazole rings is 1. The van der Waals surface area contributed by atoms with Crippen molar-refractivity contribution in [2.45, 2.75) is 0 Å². The number of fused-ring (bicyclic) bond motifs is 1. The Hall–Kier alpha value is -4.92. The van der Waals surface area contributed by atoms with Gasteiger partial charge >= 0.3 is 0 Å². The van der Waals surface area contributed by atoms with Crippen molar-refractivity contribution in [3.05, 3.63) is 94.7 Å². The molecule has 1 amide bonds. The third kappa shape index (κ3) is 3.90. The molecule has 0 aliphatic heterocycles. The number of hydrogen-bond acceptors (Lipinski definition) is 7. The van der Waals surface area contributed by atoms with Crippen molar-refractivity contribution in [1.82, 2.24) is 4.98 Å². The first-order valence-electron chi connectivity index (χ1n) is 9.83. The minimum Gasteiger partial charge on any atom is -0.507 e. The summed E-state index contributed by atoms with van der Waals surface area (Å²) in [4.78, 5) is 27.2. The fourth-order valence-electron chi connectivity index (χ4n) is 3.33. The molecule has 0 radical (unpaired) electrons. The van der Waals surface area contributed by atoms with Crippen LogP contribution in [0.5, 0.6) is 5.75 Å². The van der Waals surface area contributed by atoms with E-state index in [-0.39, 0.29) is 23.1 Å². The highest BCUT2D eigenvalue weighted by molar-refractivity contribution is 6.02. The summed E-state index contributed by atoms with van der Waals surface area (Å²) in [6.45, 7) is 0. The quantitative estimate of drug-likeness (QED) is 0.267. The van der Waals surface area contributed by atoms with Crippen molar-refractivity contribution in [1.29, 1.82) is 0 Å². The van der Waals surface area contributed by atoms with Crippen LogP contribution in [0.15, 0.2) is 87.7 Å². The predicted octanol–water partition coefficient (Wildman–Crippen LogP) is 5.62. The van der Waals surface area contributed by atoms with Crippen molar-refractivity contribution in [3.63, 3.8) is 0 Å². The van der Waals surface area contributed by atoms with Crippen LogP contribution in [0.1, 0.15) is 10.6 Å². The molecule has 2 heterocycles. The Morgan fingerprint density at radius 1 is 0.970 bits per heavy atom. The molecule has 0 saturated heterocycles. The number of rotatable bonds is 5. The number of hydrogen-bond donors (Lipinski definition) is 2. The standard InChI is InChI=1S/C24H15N3O6/c28-19-13-15(7-10-17(19)24-26-18-3-1-2-4-21(18)33-24)25-23(29)22-12-11-20(32-22)14-5-8-16(9-6-14)27(30)31/h1-13,28H,(H,25,29). The van der Waals surface area contributed by atoms with Crippen molar-refractivity contribution >= 4 is 28.4 Å². The Kier molecular flexibility index (Phi) is 4.83.